The number of thiazole rings is 1. The van der Waals surface area contributed by atoms with Crippen molar-refractivity contribution in [1.29, 1.82) is 0 Å². The van der Waals surface area contributed by atoms with Gasteiger partial charge in [0, 0.05) is 17.7 Å². The van der Waals surface area contributed by atoms with E-state index in [1.165, 1.54) is 12.1 Å². The van der Waals surface area contributed by atoms with Crippen LogP contribution in [0.15, 0.2) is 48.0 Å². The SMILES string of the molecule is O=[N+]([O-])c1ccc(-c2cccc3scnc23)cc1. The molecule has 0 unspecified atom stereocenters. The number of benzene rings is 2. The summed E-state index contributed by atoms with van der Waals surface area (Å²) in [6.07, 6.45) is 0. The maximum Gasteiger partial charge on any atom is 0.269 e. The van der Waals surface area contributed by atoms with Gasteiger partial charge in [0.15, 0.2) is 0 Å². The summed E-state index contributed by atoms with van der Waals surface area (Å²) in [6, 6.07) is 12.5. The summed E-state index contributed by atoms with van der Waals surface area (Å²) in [5, 5.41) is 10.6. The lowest BCUT2D eigenvalue weighted by Crippen LogP contribution is -1.87. The molecule has 0 aliphatic heterocycles. The van der Waals surface area contributed by atoms with Gasteiger partial charge in [-0.25, -0.2) is 4.98 Å². The second kappa shape index (κ2) is 4.19. The number of nitro groups is 1. The van der Waals surface area contributed by atoms with Crippen LogP contribution in [0, 0.1) is 10.1 Å². The van der Waals surface area contributed by atoms with Gasteiger partial charge in [-0.3, -0.25) is 10.1 Å². The molecule has 0 saturated heterocycles. The monoisotopic (exact) mass is 256 g/mol. The second-order valence-electron chi connectivity index (χ2n) is 3.81. The highest BCUT2D eigenvalue weighted by molar-refractivity contribution is 7.16. The summed E-state index contributed by atoms with van der Waals surface area (Å²) >= 11 is 1.58. The minimum Gasteiger partial charge on any atom is -0.258 e. The molecule has 0 aliphatic carbocycles. The van der Waals surface area contributed by atoms with E-state index in [9.17, 15) is 10.1 Å². The highest BCUT2D eigenvalue weighted by atomic mass is 32.1. The topological polar surface area (TPSA) is 56.0 Å². The van der Waals surface area contributed by atoms with Crippen molar-refractivity contribution in [3.8, 4) is 11.1 Å². The summed E-state index contributed by atoms with van der Waals surface area (Å²) in [5.41, 5.74) is 4.79. The van der Waals surface area contributed by atoms with Gasteiger partial charge in [-0.15, -0.1) is 11.3 Å². The lowest BCUT2D eigenvalue weighted by Gasteiger charge is -2.02. The fourth-order valence-corrected chi connectivity index (χ4v) is 2.59. The van der Waals surface area contributed by atoms with Crippen molar-refractivity contribution in [2.75, 3.05) is 0 Å². The van der Waals surface area contributed by atoms with E-state index in [0.717, 1.165) is 21.3 Å². The van der Waals surface area contributed by atoms with E-state index >= 15 is 0 Å². The lowest BCUT2D eigenvalue weighted by molar-refractivity contribution is -0.384. The molecule has 0 bridgehead atoms. The Kier molecular flexibility index (Phi) is 2.53. The van der Waals surface area contributed by atoms with Crippen LogP contribution in [0.3, 0.4) is 0 Å². The molecule has 0 N–H and O–H groups in total. The van der Waals surface area contributed by atoms with Crippen LogP contribution >= 0.6 is 11.3 Å². The third-order valence-corrected chi connectivity index (χ3v) is 3.54. The Labute approximate surface area is 107 Å². The fraction of sp³-hybridized carbons (Fsp3) is 0. The van der Waals surface area contributed by atoms with Gasteiger partial charge < -0.3 is 0 Å². The molecule has 3 rings (SSSR count). The normalized spacial score (nSPS) is 10.7. The molecule has 1 heterocycles. The predicted molar refractivity (Wildman–Crippen MR) is 71.7 cm³/mol. The highest BCUT2D eigenvalue weighted by Crippen LogP contribution is 2.30. The van der Waals surface area contributed by atoms with Crippen molar-refractivity contribution in [2.24, 2.45) is 0 Å². The second-order valence-corrected chi connectivity index (χ2v) is 4.70. The molecule has 0 spiro atoms. The van der Waals surface area contributed by atoms with Gasteiger partial charge in [0.1, 0.15) is 0 Å². The number of non-ortho nitro benzene ring substituents is 1. The largest absolute Gasteiger partial charge is 0.269 e. The van der Waals surface area contributed by atoms with E-state index in [1.54, 1.807) is 29.0 Å². The summed E-state index contributed by atoms with van der Waals surface area (Å²) < 4.78 is 1.12. The molecule has 4 nitrogen and oxygen atoms in total. The molecule has 0 aliphatic rings. The van der Waals surface area contributed by atoms with E-state index in [4.69, 9.17) is 0 Å². The average molecular weight is 256 g/mol. The summed E-state index contributed by atoms with van der Waals surface area (Å²) in [5.74, 6) is 0. The Balaban J connectivity index is 2.14. The first-order chi connectivity index (χ1) is 8.75. The van der Waals surface area contributed by atoms with Crippen molar-refractivity contribution < 1.29 is 4.92 Å². The third-order valence-electron chi connectivity index (χ3n) is 2.75. The van der Waals surface area contributed by atoms with Crippen LogP contribution in [-0.4, -0.2) is 9.91 Å². The molecule has 1 aromatic heterocycles. The van der Waals surface area contributed by atoms with Crippen LogP contribution < -0.4 is 0 Å². The molecule has 0 fully saturated rings. The first kappa shape index (κ1) is 10.9. The number of hydrogen-bond acceptors (Lipinski definition) is 4. The van der Waals surface area contributed by atoms with Crippen molar-refractivity contribution in [3.05, 3.63) is 58.1 Å². The van der Waals surface area contributed by atoms with Gasteiger partial charge >= 0.3 is 0 Å². The molecular weight excluding hydrogens is 248 g/mol. The van der Waals surface area contributed by atoms with Gasteiger partial charge in [-0.1, -0.05) is 12.1 Å². The van der Waals surface area contributed by atoms with Crippen molar-refractivity contribution >= 4 is 27.2 Å². The van der Waals surface area contributed by atoms with Gasteiger partial charge in [0.25, 0.3) is 5.69 Å². The first-order valence-corrected chi connectivity index (χ1v) is 6.21. The van der Waals surface area contributed by atoms with Crippen LogP contribution in [0.5, 0.6) is 0 Å². The van der Waals surface area contributed by atoms with E-state index in [1.807, 2.05) is 18.2 Å². The minimum absolute atomic E-state index is 0.101. The Morgan fingerprint density at radius 2 is 1.89 bits per heavy atom. The van der Waals surface area contributed by atoms with Gasteiger partial charge in [0.2, 0.25) is 0 Å². The van der Waals surface area contributed by atoms with Crippen LogP contribution in [0.25, 0.3) is 21.3 Å². The Morgan fingerprint density at radius 1 is 1.11 bits per heavy atom. The Hall–Kier alpha value is -2.27. The lowest BCUT2D eigenvalue weighted by atomic mass is 10.0. The predicted octanol–water partition coefficient (Wildman–Crippen LogP) is 3.87. The van der Waals surface area contributed by atoms with Gasteiger partial charge in [-0.2, -0.15) is 0 Å². The van der Waals surface area contributed by atoms with Crippen molar-refractivity contribution in [3.63, 3.8) is 0 Å². The minimum atomic E-state index is -0.396. The maximum atomic E-state index is 10.6. The summed E-state index contributed by atoms with van der Waals surface area (Å²) in [7, 11) is 0. The molecule has 0 saturated carbocycles. The molecule has 3 aromatic rings. The Bertz CT molecular complexity index is 719. The third kappa shape index (κ3) is 1.74. The summed E-state index contributed by atoms with van der Waals surface area (Å²) in [4.78, 5) is 14.6. The molecule has 88 valence electrons. The number of aromatic nitrogens is 1. The molecule has 18 heavy (non-hydrogen) atoms. The number of hydrogen-bond donors (Lipinski definition) is 0. The summed E-state index contributed by atoms with van der Waals surface area (Å²) in [6.45, 7) is 0. The molecule has 0 amide bonds. The number of para-hydroxylation sites is 1. The van der Waals surface area contributed by atoms with Crippen molar-refractivity contribution in [1.82, 2.24) is 4.98 Å². The fourth-order valence-electron chi connectivity index (χ4n) is 1.88. The molecule has 5 heteroatoms. The molecule has 0 atom stereocenters. The smallest absolute Gasteiger partial charge is 0.258 e. The van der Waals surface area contributed by atoms with E-state index in [2.05, 4.69) is 4.98 Å². The van der Waals surface area contributed by atoms with Crippen LogP contribution in [0.2, 0.25) is 0 Å². The number of nitro benzene ring substituents is 1. The zero-order valence-corrected chi connectivity index (χ0v) is 10.1. The molecular formula is C13H8N2O2S. The standard InChI is InChI=1S/C13H8N2O2S/c16-15(17)10-6-4-9(5-7-10)11-2-1-3-12-13(11)14-8-18-12/h1-8H. The zero-order valence-electron chi connectivity index (χ0n) is 9.24. The number of rotatable bonds is 2. The number of fused-ring (bicyclic) bond motifs is 1. The van der Waals surface area contributed by atoms with Crippen LogP contribution in [0.4, 0.5) is 5.69 Å². The van der Waals surface area contributed by atoms with E-state index in [-0.39, 0.29) is 5.69 Å². The van der Waals surface area contributed by atoms with E-state index < -0.39 is 4.92 Å². The van der Waals surface area contributed by atoms with Gasteiger partial charge in [0.05, 0.1) is 20.7 Å². The van der Waals surface area contributed by atoms with Crippen molar-refractivity contribution in [2.45, 2.75) is 0 Å². The highest BCUT2D eigenvalue weighted by Gasteiger charge is 2.08. The molecule has 2 aromatic carbocycles. The quantitative estimate of drug-likeness (QED) is 0.516. The van der Waals surface area contributed by atoms with Crippen LogP contribution in [0.1, 0.15) is 0 Å². The zero-order chi connectivity index (χ0) is 12.5. The van der Waals surface area contributed by atoms with Crippen LogP contribution in [-0.2, 0) is 0 Å². The first-order valence-electron chi connectivity index (χ1n) is 5.33. The molecule has 0 radical (unpaired) electrons. The maximum absolute atomic E-state index is 10.6. The van der Waals surface area contributed by atoms with E-state index in [0.29, 0.717) is 0 Å². The Morgan fingerprint density at radius 3 is 2.61 bits per heavy atom. The number of nitrogens with zero attached hydrogens (tertiary/aromatic N) is 2. The average Bonchev–Trinajstić information content (AvgIpc) is 2.87. The van der Waals surface area contributed by atoms with Gasteiger partial charge in [-0.05, 0) is 23.8 Å².